The Hall–Kier alpha value is -0.570. The number of nitrogens with zero attached hydrogens (tertiary/aromatic N) is 1. The van der Waals surface area contributed by atoms with Crippen LogP contribution in [0.4, 0.5) is 0 Å². The van der Waals surface area contributed by atoms with Gasteiger partial charge in [-0.15, -0.1) is 0 Å². The van der Waals surface area contributed by atoms with Crippen LogP contribution in [0.15, 0.2) is 0 Å². The quantitative estimate of drug-likeness (QED) is 0.575. The molecule has 0 atom stereocenters. The van der Waals surface area contributed by atoms with Gasteiger partial charge in [0.05, 0.1) is 6.54 Å². The van der Waals surface area contributed by atoms with Crippen LogP contribution >= 0.6 is 0 Å². The summed E-state index contributed by atoms with van der Waals surface area (Å²) in [4.78, 5) is 12.5. The minimum Gasteiger partial charge on any atom is -0.342 e. The van der Waals surface area contributed by atoms with E-state index in [0.717, 1.165) is 13.1 Å². The number of likely N-dealkylation sites (N-methyl/N-ethyl adjacent to an activating group) is 1. The summed E-state index contributed by atoms with van der Waals surface area (Å²) < 4.78 is 0. The van der Waals surface area contributed by atoms with E-state index in [0.29, 0.717) is 0 Å². The Morgan fingerprint density at radius 3 is 2.00 bits per heavy atom. The minimum atomic E-state index is 0.0278. The standard InChI is InChI=1S/C6H14N2O/c1-3-8(4-2)6(9)5-7/h3-5,7H2,1-2H3. The molecule has 0 aromatic rings. The first-order valence-corrected chi connectivity index (χ1v) is 3.24. The smallest absolute Gasteiger partial charge is 0.236 e. The third-order valence-electron chi connectivity index (χ3n) is 1.29. The van der Waals surface area contributed by atoms with Crippen molar-refractivity contribution in [1.29, 1.82) is 0 Å². The molecule has 3 nitrogen and oxygen atoms in total. The Morgan fingerprint density at radius 2 is 1.89 bits per heavy atom. The van der Waals surface area contributed by atoms with Gasteiger partial charge in [0.1, 0.15) is 0 Å². The van der Waals surface area contributed by atoms with Gasteiger partial charge in [-0.1, -0.05) is 0 Å². The number of carbonyl (C=O) groups is 1. The van der Waals surface area contributed by atoms with Crippen LogP contribution in [0, 0.1) is 0 Å². The van der Waals surface area contributed by atoms with Crippen molar-refractivity contribution >= 4 is 5.91 Å². The zero-order chi connectivity index (χ0) is 7.28. The van der Waals surface area contributed by atoms with Gasteiger partial charge < -0.3 is 10.6 Å². The van der Waals surface area contributed by atoms with Crippen molar-refractivity contribution < 1.29 is 4.79 Å². The number of amides is 1. The molecular formula is C6H14N2O. The fourth-order valence-corrected chi connectivity index (χ4v) is 0.705. The predicted molar refractivity (Wildman–Crippen MR) is 37.0 cm³/mol. The normalized spacial score (nSPS) is 9.22. The van der Waals surface area contributed by atoms with Crippen LogP contribution in [0.5, 0.6) is 0 Å². The summed E-state index contributed by atoms with van der Waals surface area (Å²) in [5.74, 6) is 0.0278. The van der Waals surface area contributed by atoms with E-state index in [1.54, 1.807) is 4.90 Å². The van der Waals surface area contributed by atoms with Crippen molar-refractivity contribution in [2.24, 2.45) is 5.73 Å². The van der Waals surface area contributed by atoms with Gasteiger partial charge in [-0.05, 0) is 13.8 Å². The van der Waals surface area contributed by atoms with E-state index in [4.69, 9.17) is 5.73 Å². The van der Waals surface area contributed by atoms with E-state index in [-0.39, 0.29) is 12.5 Å². The molecule has 0 aliphatic carbocycles. The summed E-state index contributed by atoms with van der Waals surface area (Å²) in [5.41, 5.74) is 5.13. The molecule has 0 saturated heterocycles. The Bertz CT molecular complexity index is 89.1. The van der Waals surface area contributed by atoms with Crippen molar-refractivity contribution in [3.05, 3.63) is 0 Å². The Labute approximate surface area is 55.8 Å². The molecule has 9 heavy (non-hydrogen) atoms. The highest BCUT2D eigenvalue weighted by molar-refractivity contribution is 5.77. The molecule has 54 valence electrons. The maximum absolute atomic E-state index is 10.8. The Morgan fingerprint density at radius 1 is 1.44 bits per heavy atom. The molecule has 0 rings (SSSR count). The second kappa shape index (κ2) is 4.32. The van der Waals surface area contributed by atoms with Gasteiger partial charge in [0.2, 0.25) is 5.91 Å². The molecule has 3 heteroatoms. The molecule has 0 fully saturated rings. The zero-order valence-corrected chi connectivity index (χ0v) is 6.05. The van der Waals surface area contributed by atoms with Gasteiger partial charge in [0.15, 0.2) is 0 Å². The lowest BCUT2D eigenvalue weighted by molar-refractivity contribution is -0.129. The highest BCUT2D eigenvalue weighted by Gasteiger charge is 2.04. The second-order valence-electron chi connectivity index (χ2n) is 1.77. The number of nitrogens with two attached hydrogens (primary N) is 1. The maximum atomic E-state index is 10.8. The molecule has 0 aromatic carbocycles. The van der Waals surface area contributed by atoms with Crippen molar-refractivity contribution in [1.82, 2.24) is 4.90 Å². The molecular weight excluding hydrogens is 116 g/mol. The summed E-state index contributed by atoms with van der Waals surface area (Å²) in [6, 6.07) is 0. The zero-order valence-electron chi connectivity index (χ0n) is 6.05. The van der Waals surface area contributed by atoms with Gasteiger partial charge in [-0.3, -0.25) is 4.79 Å². The van der Waals surface area contributed by atoms with Crippen molar-refractivity contribution in [2.75, 3.05) is 19.6 Å². The van der Waals surface area contributed by atoms with E-state index in [1.807, 2.05) is 13.8 Å². The molecule has 0 aliphatic heterocycles. The molecule has 0 spiro atoms. The summed E-state index contributed by atoms with van der Waals surface area (Å²) in [5, 5.41) is 0. The largest absolute Gasteiger partial charge is 0.342 e. The molecule has 0 aliphatic rings. The fraction of sp³-hybridized carbons (Fsp3) is 0.833. The maximum Gasteiger partial charge on any atom is 0.236 e. The summed E-state index contributed by atoms with van der Waals surface area (Å²) >= 11 is 0. The van der Waals surface area contributed by atoms with Crippen LogP contribution in [0.3, 0.4) is 0 Å². The number of rotatable bonds is 3. The van der Waals surface area contributed by atoms with Gasteiger partial charge in [-0.25, -0.2) is 0 Å². The van der Waals surface area contributed by atoms with Crippen LogP contribution < -0.4 is 5.73 Å². The number of hydrogen-bond donors (Lipinski definition) is 1. The lowest BCUT2D eigenvalue weighted by atomic mass is 10.4. The first kappa shape index (κ1) is 8.43. The van der Waals surface area contributed by atoms with Gasteiger partial charge >= 0.3 is 0 Å². The van der Waals surface area contributed by atoms with Crippen LogP contribution in [0.25, 0.3) is 0 Å². The van der Waals surface area contributed by atoms with E-state index >= 15 is 0 Å². The van der Waals surface area contributed by atoms with Crippen LogP contribution in [-0.4, -0.2) is 30.4 Å². The van der Waals surface area contributed by atoms with Gasteiger partial charge in [0.25, 0.3) is 0 Å². The summed E-state index contributed by atoms with van der Waals surface area (Å²) in [6.07, 6.45) is 0. The van der Waals surface area contributed by atoms with E-state index in [9.17, 15) is 4.79 Å². The molecule has 0 radical (unpaired) electrons. The van der Waals surface area contributed by atoms with Crippen LogP contribution in [0.1, 0.15) is 13.8 Å². The fourth-order valence-electron chi connectivity index (χ4n) is 0.705. The topological polar surface area (TPSA) is 46.3 Å². The molecule has 0 aromatic heterocycles. The van der Waals surface area contributed by atoms with Crippen molar-refractivity contribution in [2.45, 2.75) is 13.8 Å². The Kier molecular flexibility index (Phi) is 4.05. The van der Waals surface area contributed by atoms with Crippen molar-refractivity contribution in [3.8, 4) is 0 Å². The number of carbonyl (C=O) groups excluding carboxylic acids is 1. The minimum absolute atomic E-state index is 0.0278. The first-order chi connectivity index (χ1) is 4.26. The highest BCUT2D eigenvalue weighted by atomic mass is 16.2. The van der Waals surface area contributed by atoms with E-state index in [1.165, 1.54) is 0 Å². The van der Waals surface area contributed by atoms with Crippen LogP contribution in [-0.2, 0) is 4.79 Å². The second-order valence-corrected chi connectivity index (χ2v) is 1.77. The van der Waals surface area contributed by atoms with E-state index in [2.05, 4.69) is 0 Å². The third kappa shape index (κ3) is 2.46. The molecule has 0 unspecified atom stereocenters. The molecule has 0 heterocycles. The SMILES string of the molecule is CCN(CC)C(=O)CN. The summed E-state index contributed by atoms with van der Waals surface area (Å²) in [7, 11) is 0. The molecule has 0 saturated carbocycles. The molecule has 2 N–H and O–H groups in total. The predicted octanol–water partition coefficient (Wildman–Crippen LogP) is -0.186. The average Bonchev–Trinajstić information content (AvgIpc) is 1.90. The lowest BCUT2D eigenvalue weighted by Crippen LogP contribution is -2.35. The lowest BCUT2D eigenvalue weighted by Gasteiger charge is -2.16. The van der Waals surface area contributed by atoms with Gasteiger partial charge in [-0.2, -0.15) is 0 Å². The third-order valence-corrected chi connectivity index (χ3v) is 1.29. The average molecular weight is 130 g/mol. The number of hydrogen-bond acceptors (Lipinski definition) is 2. The molecule has 1 amide bonds. The van der Waals surface area contributed by atoms with Gasteiger partial charge in [0, 0.05) is 13.1 Å². The molecule has 0 bridgehead atoms. The van der Waals surface area contributed by atoms with E-state index < -0.39 is 0 Å². The van der Waals surface area contributed by atoms with Crippen LogP contribution in [0.2, 0.25) is 0 Å². The monoisotopic (exact) mass is 130 g/mol. The summed E-state index contributed by atoms with van der Waals surface area (Å²) in [6.45, 7) is 5.52. The first-order valence-electron chi connectivity index (χ1n) is 3.24. The van der Waals surface area contributed by atoms with Crippen molar-refractivity contribution in [3.63, 3.8) is 0 Å². The Balaban J connectivity index is 3.64. The highest BCUT2D eigenvalue weighted by Crippen LogP contribution is 1.84.